The summed E-state index contributed by atoms with van der Waals surface area (Å²) < 4.78 is 28.7. The number of pyridine rings is 1. The molecule has 138 valence electrons. The van der Waals surface area contributed by atoms with Gasteiger partial charge in [-0.25, -0.2) is 17.7 Å². The molecule has 3 aromatic rings. The van der Waals surface area contributed by atoms with Crippen LogP contribution in [0.5, 0.6) is 5.75 Å². The maximum atomic E-state index is 13.3. The molecule has 0 aliphatic carbocycles. The van der Waals surface area contributed by atoms with E-state index in [0.717, 1.165) is 21.2 Å². The second-order valence-corrected chi connectivity index (χ2v) is 9.34. The van der Waals surface area contributed by atoms with Crippen molar-refractivity contribution in [2.45, 2.75) is 17.7 Å². The first kappa shape index (κ1) is 18.0. The van der Waals surface area contributed by atoms with Crippen molar-refractivity contribution in [3.8, 4) is 5.75 Å². The fourth-order valence-electron chi connectivity index (χ4n) is 3.30. The van der Waals surface area contributed by atoms with E-state index in [1.165, 1.54) is 4.31 Å². The third-order valence-corrected chi connectivity index (χ3v) is 6.93. The minimum absolute atomic E-state index is 0.161. The molecule has 1 aromatic heterocycles. The summed E-state index contributed by atoms with van der Waals surface area (Å²) in [4.78, 5) is 4.64. The minimum Gasteiger partial charge on any atom is -0.508 e. The summed E-state index contributed by atoms with van der Waals surface area (Å²) in [5.41, 5.74) is 2.76. The van der Waals surface area contributed by atoms with Crippen molar-refractivity contribution in [1.29, 1.82) is 0 Å². The summed E-state index contributed by atoms with van der Waals surface area (Å²) in [5, 5.41) is 9.57. The number of halogens is 1. The Labute approximate surface area is 166 Å². The predicted octanol–water partition coefficient (Wildman–Crippen LogP) is 4.20. The Kier molecular flexibility index (Phi) is 4.44. The van der Waals surface area contributed by atoms with Gasteiger partial charge in [-0.1, -0.05) is 29.8 Å². The van der Waals surface area contributed by atoms with Crippen LogP contribution in [0.25, 0.3) is 0 Å². The van der Waals surface area contributed by atoms with Crippen LogP contribution in [-0.4, -0.2) is 25.1 Å². The number of aromatic hydroxyl groups is 1. The highest BCUT2D eigenvalue weighted by atomic mass is 79.9. The average molecular weight is 445 g/mol. The number of aromatic nitrogens is 1. The molecule has 1 unspecified atom stereocenters. The third kappa shape index (κ3) is 3.21. The lowest BCUT2D eigenvalue weighted by Crippen LogP contribution is -2.30. The number of fused-ring (bicyclic) bond motifs is 1. The van der Waals surface area contributed by atoms with Gasteiger partial charge in [0, 0.05) is 28.7 Å². The lowest BCUT2D eigenvalue weighted by molar-refractivity contribution is 0.475. The van der Waals surface area contributed by atoms with Gasteiger partial charge in [0.1, 0.15) is 11.6 Å². The predicted molar refractivity (Wildman–Crippen MR) is 108 cm³/mol. The summed E-state index contributed by atoms with van der Waals surface area (Å²) in [6.45, 7) is 2.18. The molecular weight excluding hydrogens is 428 g/mol. The van der Waals surface area contributed by atoms with Crippen molar-refractivity contribution in [2.75, 3.05) is 10.8 Å². The summed E-state index contributed by atoms with van der Waals surface area (Å²) >= 11 is 3.43. The number of benzene rings is 2. The molecular formula is C20H17BrN2O3S. The molecule has 0 saturated carbocycles. The third-order valence-electron chi connectivity index (χ3n) is 4.73. The number of aryl methyl sites for hydroxylation is 1. The van der Waals surface area contributed by atoms with Crippen molar-refractivity contribution in [2.24, 2.45) is 0 Å². The van der Waals surface area contributed by atoms with E-state index in [4.69, 9.17) is 0 Å². The van der Waals surface area contributed by atoms with Gasteiger partial charge in [0.05, 0.1) is 4.90 Å². The fraction of sp³-hybridized carbons (Fsp3) is 0.150. The molecule has 0 amide bonds. The Morgan fingerprint density at radius 1 is 1.11 bits per heavy atom. The van der Waals surface area contributed by atoms with E-state index in [9.17, 15) is 13.5 Å². The van der Waals surface area contributed by atoms with Crippen molar-refractivity contribution in [3.05, 3.63) is 82.0 Å². The molecule has 2 heterocycles. The zero-order chi connectivity index (χ0) is 19.2. The van der Waals surface area contributed by atoms with Crippen molar-refractivity contribution in [1.82, 2.24) is 4.98 Å². The monoisotopic (exact) mass is 444 g/mol. The number of anilines is 1. The number of hydrogen-bond donors (Lipinski definition) is 1. The molecule has 0 radical (unpaired) electrons. The van der Waals surface area contributed by atoms with Gasteiger partial charge in [-0.3, -0.25) is 0 Å². The van der Waals surface area contributed by atoms with Gasteiger partial charge in [0.2, 0.25) is 0 Å². The van der Waals surface area contributed by atoms with Gasteiger partial charge in [-0.2, -0.15) is 0 Å². The number of phenolic OH excluding ortho intramolecular Hbond substituents is 1. The summed E-state index contributed by atoms with van der Waals surface area (Å²) in [5.74, 6) is 0.455. The van der Waals surface area contributed by atoms with Gasteiger partial charge >= 0.3 is 0 Å². The summed E-state index contributed by atoms with van der Waals surface area (Å²) in [6.07, 6.45) is 1.61. The second-order valence-electron chi connectivity index (χ2n) is 6.56. The van der Waals surface area contributed by atoms with Crippen LogP contribution in [-0.2, 0) is 10.0 Å². The number of hydrogen-bond acceptors (Lipinski definition) is 4. The first-order valence-electron chi connectivity index (χ1n) is 8.40. The SMILES string of the molecule is Cc1ccc(S(=O)(=O)N2CC(c3ccc(O)cc3)c3cc(Br)cnc32)cc1. The second kappa shape index (κ2) is 6.65. The fourth-order valence-corrected chi connectivity index (χ4v) is 5.11. The average Bonchev–Trinajstić information content (AvgIpc) is 3.02. The first-order chi connectivity index (χ1) is 12.9. The van der Waals surface area contributed by atoms with Crippen LogP contribution in [0.2, 0.25) is 0 Å². The Balaban J connectivity index is 1.82. The number of phenols is 1. The van der Waals surface area contributed by atoms with E-state index in [1.54, 1.807) is 42.6 Å². The van der Waals surface area contributed by atoms with E-state index in [-0.39, 0.29) is 23.1 Å². The Morgan fingerprint density at radius 2 is 1.78 bits per heavy atom. The highest BCUT2D eigenvalue weighted by Crippen LogP contribution is 2.42. The quantitative estimate of drug-likeness (QED) is 0.656. The topological polar surface area (TPSA) is 70.5 Å². The molecule has 4 rings (SSSR count). The van der Waals surface area contributed by atoms with Gasteiger partial charge < -0.3 is 5.11 Å². The van der Waals surface area contributed by atoms with Gasteiger partial charge in [0.15, 0.2) is 0 Å². The molecule has 0 saturated heterocycles. The maximum Gasteiger partial charge on any atom is 0.265 e. The smallest absolute Gasteiger partial charge is 0.265 e. The van der Waals surface area contributed by atoms with Crippen LogP contribution in [0.3, 0.4) is 0 Å². The molecule has 27 heavy (non-hydrogen) atoms. The number of rotatable bonds is 3. The maximum absolute atomic E-state index is 13.3. The molecule has 1 aliphatic rings. The van der Waals surface area contributed by atoms with E-state index >= 15 is 0 Å². The molecule has 0 fully saturated rings. The lowest BCUT2D eigenvalue weighted by Gasteiger charge is -2.19. The highest BCUT2D eigenvalue weighted by Gasteiger charge is 2.38. The molecule has 1 atom stereocenters. The van der Waals surface area contributed by atoms with Crippen molar-refractivity contribution in [3.63, 3.8) is 0 Å². The largest absolute Gasteiger partial charge is 0.508 e. The Hall–Kier alpha value is -2.38. The molecule has 7 heteroatoms. The molecule has 2 aromatic carbocycles. The van der Waals surface area contributed by atoms with E-state index < -0.39 is 10.0 Å². The summed E-state index contributed by atoms with van der Waals surface area (Å²) in [6, 6.07) is 15.6. The standard InChI is InChI=1S/C20H17BrN2O3S/c1-13-2-8-17(9-3-13)27(25,26)23-12-19(14-4-6-16(24)7-5-14)18-10-15(21)11-22-20(18)23/h2-11,19,24H,12H2,1H3. The first-order valence-corrected chi connectivity index (χ1v) is 10.6. The van der Waals surface area contributed by atoms with Crippen LogP contribution in [0, 0.1) is 6.92 Å². The van der Waals surface area contributed by atoms with Gasteiger partial charge in [-0.05, 0) is 58.7 Å². The Morgan fingerprint density at radius 3 is 2.44 bits per heavy atom. The van der Waals surface area contributed by atoms with E-state index in [0.29, 0.717) is 5.82 Å². The minimum atomic E-state index is -3.72. The number of nitrogens with zero attached hydrogens (tertiary/aromatic N) is 2. The van der Waals surface area contributed by atoms with Crippen molar-refractivity contribution < 1.29 is 13.5 Å². The molecule has 1 aliphatic heterocycles. The molecule has 1 N–H and O–H groups in total. The Bertz CT molecular complexity index is 1100. The van der Waals surface area contributed by atoms with E-state index in [2.05, 4.69) is 20.9 Å². The zero-order valence-electron chi connectivity index (χ0n) is 14.5. The van der Waals surface area contributed by atoms with E-state index in [1.807, 2.05) is 25.1 Å². The van der Waals surface area contributed by atoms with Crippen LogP contribution in [0.4, 0.5) is 5.82 Å². The van der Waals surface area contributed by atoms with Gasteiger partial charge in [0.25, 0.3) is 10.0 Å². The highest BCUT2D eigenvalue weighted by molar-refractivity contribution is 9.10. The lowest BCUT2D eigenvalue weighted by atomic mass is 9.94. The van der Waals surface area contributed by atoms with Crippen LogP contribution < -0.4 is 4.31 Å². The zero-order valence-corrected chi connectivity index (χ0v) is 16.9. The molecule has 0 bridgehead atoms. The van der Waals surface area contributed by atoms with Crippen molar-refractivity contribution >= 4 is 31.8 Å². The molecule has 0 spiro atoms. The normalized spacial score (nSPS) is 16.4. The summed E-state index contributed by atoms with van der Waals surface area (Å²) in [7, 11) is -3.72. The van der Waals surface area contributed by atoms with Crippen LogP contribution in [0.15, 0.2) is 70.2 Å². The molecule has 5 nitrogen and oxygen atoms in total. The van der Waals surface area contributed by atoms with Crippen LogP contribution >= 0.6 is 15.9 Å². The van der Waals surface area contributed by atoms with Gasteiger partial charge in [-0.15, -0.1) is 0 Å². The number of sulfonamides is 1. The van der Waals surface area contributed by atoms with Crippen LogP contribution in [0.1, 0.15) is 22.6 Å².